The third-order valence-electron chi connectivity index (χ3n) is 4.14. The van der Waals surface area contributed by atoms with Crippen LogP contribution in [0.15, 0.2) is 69.9 Å². The summed E-state index contributed by atoms with van der Waals surface area (Å²) in [6.07, 6.45) is 0. The fourth-order valence-corrected chi connectivity index (χ4v) is 2.89. The van der Waals surface area contributed by atoms with Crippen molar-refractivity contribution in [3.05, 3.63) is 76.6 Å². The van der Waals surface area contributed by atoms with Gasteiger partial charge in [0.1, 0.15) is 16.9 Å². The third kappa shape index (κ3) is 2.52. The van der Waals surface area contributed by atoms with E-state index in [1.807, 2.05) is 42.5 Å². The highest BCUT2D eigenvalue weighted by Crippen LogP contribution is 2.34. The molecule has 0 unspecified atom stereocenters. The zero-order chi connectivity index (χ0) is 17.6. The molecule has 0 amide bonds. The molecule has 25 heavy (non-hydrogen) atoms. The molecule has 0 aliphatic carbocycles. The lowest BCUT2D eigenvalue weighted by Crippen LogP contribution is -2.12. The van der Waals surface area contributed by atoms with Crippen molar-refractivity contribution >= 4 is 27.7 Å². The Morgan fingerprint density at radius 3 is 2.40 bits per heavy atom. The van der Waals surface area contributed by atoms with E-state index < -0.39 is 17.2 Å². The maximum Gasteiger partial charge on any atom is 0.351 e. The highest BCUT2D eigenvalue weighted by Gasteiger charge is 2.15. The van der Waals surface area contributed by atoms with Gasteiger partial charge in [0.2, 0.25) is 0 Å². The molecule has 3 aromatic carbocycles. The number of carbonyl (C=O) groups is 1. The van der Waals surface area contributed by atoms with Crippen molar-refractivity contribution < 1.29 is 19.4 Å². The zero-order valence-electron chi connectivity index (χ0n) is 12.9. The summed E-state index contributed by atoms with van der Waals surface area (Å²) in [6, 6.07) is 17.8. The number of aromatic carboxylic acids is 1. The van der Waals surface area contributed by atoms with Crippen molar-refractivity contribution in [1.82, 2.24) is 0 Å². The minimum atomic E-state index is -1.35. The Morgan fingerprint density at radius 1 is 0.880 bits per heavy atom. The Bertz CT molecular complexity index is 1200. The predicted octanol–water partition coefficient (Wildman–Crippen LogP) is 4.02. The lowest BCUT2D eigenvalue weighted by Gasteiger charge is -2.08. The molecule has 0 atom stereocenters. The van der Waals surface area contributed by atoms with E-state index in [1.165, 1.54) is 12.1 Å². The predicted molar refractivity (Wildman–Crippen MR) is 94.1 cm³/mol. The summed E-state index contributed by atoms with van der Waals surface area (Å²) in [5.74, 6) is -1.40. The molecule has 5 heteroatoms. The average Bonchev–Trinajstić information content (AvgIpc) is 2.60. The van der Waals surface area contributed by atoms with E-state index in [2.05, 4.69) is 0 Å². The van der Waals surface area contributed by atoms with E-state index in [-0.39, 0.29) is 11.3 Å². The fourth-order valence-electron chi connectivity index (χ4n) is 2.89. The van der Waals surface area contributed by atoms with Crippen molar-refractivity contribution in [3.8, 4) is 16.9 Å². The number of carboxylic acids is 1. The van der Waals surface area contributed by atoms with Crippen LogP contribution in [0.5, 0.6) is 5.75 Å². The summed E-state index contributed by atoms with van der Waals surface area (Å²) in [5, 5.41) is 21.9. The Kier molecular flexibility index (Phi) is 3.28. The van der Waals surface area contributed by atoms with Crippen molar-refractivity contribution in [2.45, 2.75) is 0 Å². The SMILES string of the molecule is O=C(O)c1cc2cc(-c3ccc4ccccc4c3)c(O)cc2oc1=O. The van der Waals surface area contributed by atoms with Crippen LogP contribution in [0.25, 0.3) is 32.9 Å². The molecule has 2 N–H and O–H groups in total. The van der Waals surface area contributed by atoms with Crippen LogP contribution >= 0.6 is 0 Å². The van der Waals surface area contributed by atoms with Crippen LogP contribution in [-0.4, -0.2) is 16.2 Å². The van der Waals surface area contributed by atoms with Crippen LogP contribution in [0.4, 0.5) is 0 Å². The van der Waals surface area contributed by atoms with E-state index in [4.69, 9.17) is 9.52 Å². The van der Waals surface area contributed by atoms with Gasteiger partial charge in [0, 0.05) is 17.0 Å². The van der Waals surface area contributed by atoms with E-state index in [0.717, 1.165) is 16.3 Å². The van der Waals surface area contributed by atoms with Crippen LogP contribution < -0.4 is 5.63 Å². The molecule has 0 radical (unpaired) electrons. The van der Waals surface area contributed by atoms with Gasteiger partial charge in [-0.1, -0.05) is 36.4 Å². The smallest absolute Gasteiger partial charge is 0.351 e. The quantitative estimate of drug-likeness (QED) is 0.541. The molecular formula is C20H12O5. The molecule has 0 saturated carbocycles. The van der Waals surface area contributed by atoms with Gasteiger partial charge in [-0.15, -0.1) is 0 Å². The zero-order valence-corrected chi connectivity index (χ0v) is 12.9. The number of phenols is 1. The number of hydrogen-bond acceptors (Lipinski definition) is 4. The first-order chi connectivity index (χ1) is 12.0. The van der Waals surface area contributed by atoms with Crippen molar-refractivity contribution in [1.29, 1.82) is 0 Å². The lowest BCUT2D eigenvalue weighted by atomic mass is 9.99. The highest BCUT2D eigenvalue weighted by atomic mass is 16.4. The van der Waals surface area contributed by atoms with Gasteiger partial charge in [-0.3, -0.25) is 0 Å². The molecule has 4 rings (SSSR count). The highest BCUT2D eigenvalue weighted by molar-refractivity contribution is 5.95. The first-order valence-electron chi connectivity index (χ1n) is 7.56. The standard InChI is InChI=1S/C20H12O5/c21-17-10-18-14(9-16(19(22)23)20(24)25-18)8-15(17)13-6-5-11-3-1-2-4-12(11)7-13/h1-10,21H,(H,22,23). The second-order valence-corrected chi connectivity index (χ2v) is 5.72. The van der Waals surface area contributed by atoms with Crippen molar-refractivity contribution in [2.24, 2.45) is 0 Å². The summed E-state index contributed by atoms with van der Waals surface area (Å²) in [4.78, 5) is 22.8. The number of carboxylic acid groups (broad SMARTS) is 1. The van der Waals surface area contributed by atoms with Crippen LogP contribution in [0, 0.1) is 0 Å². The van der Waals surface area contributed by atoms with Gasteiger partial charge in [-0.25, -0.2) is 9.59 Å². The minimum Gasteiger partial charge on any atom is -0.507 e. The second kappa shape index (κ2) is 5.49. The number of hydrogen-bond donors (Lipinski definition) is 2. The molecule has 0 aliphatic heterocycles. The monoisotopic (exact) mass is 332 g/mol. The summed E-state index contributed by atoms with van der Waals surface area (Å²) >= 11 is 0. The molecule has 4 aromatic rings. The molecule has 0 bridgehead atoms. The van der Waals surface area contributed by atoms with Crippen molar-refractivity contribution in [3.63, 3.8) is 0 Å². The van der Waals surface area contributed by atoms with Gasteiger partial charge < -0.3 is 14.6 Å². The van der Waals surface area contributed by atoms with Gasteiger partial charge in [0.15, 0.2) is 0 Å². The molecule has 0 spiro atoms. The number of benzene rings is 3. The van der Waals surface area contributed by atoms with E-state index in [0.29, 0.717) is 10.9 Å². The third-order valence-corrected chi connectivity index (χ3v) is 4.14. The summed E-state index contributed by atoms with van der Waals surface area (Å²) in [5.41, 5.74) is 0.0576. The molecule has 5 nitrogen and oxygen atoms in total. The molecule has 122 valence electrons. The lowest BCUT2D eigenvalue weighted by molar-refractivity contribution is 0.0692. The van der Waals surface area contributed by atoms with Crippen LogP contribution in [0.1, 0.15) is 10.4 Å². The Balaban J connectivity index is 1.96. The average molecular weight is 332 g/mol. The van der Waals surface area contributed by atoms with Crippen molar-refractivity contribution in [2.75, 3.05) is 0 Å². The number of aromatic hydroxyl groups is 1. The summed E-state index contributed by atoms with van der Waals surface area (Å²) in [7, 11) is 0. The first-order valence-corrected chi connectivity index (χ1v) is 7.56. The summed E-state index contributed by atoms with van der Waals surface area (Å²) in [6.45, 7) is 0. The molecule has 0 fully saturated rings. The number of phenolic OH excluding ortho intramolecular Hbond substituents is 1. The Hall–Kier alpha value is -3.60. The second-order valence-electron chi connectivity index (χ2n) is 5.72. The topological polar surface area (TPSA) is 87.7 Å². The van der Waals surface area contributed by atoms with Gasteiger partial charge in [0.05, 0.1) is 0 Å². The van der Waals surface area contributed by atoms with E-state index in [9.17, 15) is 14.7 Å². The number of rotatable bonds is 2. The van der Waals surface area contributed by atoms with Gasteiger partial charge in [-0.05, 0) is 34.5 Å². The Morgan fingerprint density at radius 2 is 1.64 bits per heavy atom. The molecule has 0 aliphatic rings. The summed E-state index contributed by atoms with van der Waals surface area (Å²) < 4.78 is 5.00. The van der Waals surface area contributed by atoms with Crippen LogP contribution in [0.2, 0.25) is 0 Å². The largest absolute Gasteiger partial charge is 0.507 e. The van der Waals surface area contributed by atoms with Crippen LogP contribution in [-0.2, 0) is 0 Å². The van der Waals surface area contributed by atoms with Gasteiger partial charge >= 0.3 is 11.6 Å². The normalized spacial score (nSPS) is 11.0. The molecular weight excluding hydrogens is 320 g/mol. The first kappa shape index (κ1) is 15.0. The van der Waals surface area contributed by atoms with Crippen LogP contribution in [0.3, 0.4) is 0 Å². The maximum absolute atomic E-state index is 11.7. The number of fused-ring (bicyclic) bond motifs is 2. The van der Waals surface area contributed by atoms with E-state index >= 15 is 0 Å². The molecule has 1 aromatic heterocycles. The molecule has 0 saturated heterocycles. The van der Waals surface area contributed by atoms with Gasteiger partial charge in [0.25, 0.3) is 0 Å². The maximum atomic E-state index is 11.7. The Labute approximate surface area is 141 Å². The minimum absolute atomic E-state index is 0.0472. The van der Waals surface area contributed by atoms with E-state index in [1.54, 1.807) is 6.07 Å². The molecule has 1 heterocycles. The van der Waals surface area contributed by atoms with Gasteiger partial charge in [-0.2, -0.15) is 0 Å². The fraction of sp³-hybridized carbons (Fsp3) is 0.